The molecule has 11 heteroatoms. The first-order valence-corrected chi connectivity index (χ1v) is 14.3. The van der Waals surface area contributed by atoms with Gasteiger partial charge in [0.05, 0.1) is 10.6 Å². The standard InChI is InChI=1S/C25H36ClF3N2O4S/c1-24(2,3)35-23(32)30-13-9-18(10-14-30)5-4-6-19-11-15-31(16-12-19)36(33,34)22-17-20(25(27,28)29)7-8-21(22)26/h7-8,17-19H,4-6,9-16H2,1-3H3. The van der Waals surface area contributed by atoms with E-state index in [1.54, 1.807) is 4.90 Å². The lowest BCUT2D eigenvalue weighted by atomic mass is 9.87. The van der Waals surface area contributed by atoms with Crippen LogP contribution in [0.5, 0.6) is 0 Å². The van der Waals surface area contributed by atoms with E-state index in [9.17, 15) is 26.4 Å². The zero-order valence-corrected chi connectivity index (χ0v) is 22.7. The molecule has 1 aromatic carbocycles. The average molecular weight is 553 g/mol. The highest BCUT2D eigenvalue weighted by molar-refractivity contribution is 7.89. The number of rotatable bonds is 6. The van der Waals surface area contributed by atoms with Crippen molar-refractivity contribution in [2.75, 3.05) is 26.2 Å². The lowest BCUT2D eigenvalue weighted by Crippen LogP contribution is -2.41. The van der Waals surface area contributed by atoms with Gasteiger partial charge >= 0.3 is 12.3 Å². The van der Waals surface area contributed by atoms with Gasteiger partial charge < -0.3 is 9.64 Å². The molecule has 3 rings (SSSR count). The third-order valence-electron chi connectivity index (χ3n) is 6.94. The molecule has 0 radical (unpaired) electrons. The van der Waals surface area contributed by atoms with Crippen LogP contribution in [-0.2, 0) is 20.9 Å². The highest BCUT2D eigenvalue weighted by atomic mass is 35.5. The van der Waals surface area contributed by atoms with Crippen LogP contribution in [0.1, 0.15) is 71.3 Å². The number of halogens is 4. The quantitative estimate of drug-likeness (QED) is 0.400. The van der Waals surface area contributed by atoms with E-state index in [-0.39, 0.29) is 24.2 Å². The molecule has 0 spiro atoms. The smallest absolute Gasteiger partial charge is 0.416 e. The Balaban J connectivity index is 1.43. The maximum absolute atomic E-state index is 13.1. The third-order valence-corrected chi connectivity index (χ3v) is 9.32. The van der Waals surface area contributed by atoms with Gasteiger partial charge in [0.1, 0.15) is 10.5 Å². The van der Waals surface area contributed by atoms with Gasteiger partial charge in [-0.05, 0) is 76.5 Å². The van der Waals surface area contributed by atoms with E-state index in [0.717, 1.165) is 44.2 Å². The van der Waals surface area contributed by atoms with E-state index < -0.39 is 32.3 Å². The van der Waals surface area contributed by atoms with Crippen molar-refractivity contribution in [3.63, 3.8) is 0 Å². The molecule has 0 aromatic heterocycles. The summed E-state index contributed by atoms with van der Waals surface area (Å²) in [4.78, 5) is 13.5. The van der Waals surface area contributed by atoms with Crippen molar-refractivity contribution in [3.8, 4) is 0 Å². The van der Waals surface area contributed by atoms with Crippen molar-refractivity contribution in [1.29, 1.82) is 0 Å². The van der Waals surface area contributed by atoms with Gasteiger partial charge in [-0.2, -0.15) is 17.5 Å². The van der Waals surface area contributed by atoms with E-state index in [1.807, 2.05) is 20.8 Å². The zero-order chi connectivity index (χ0) is 26.7. The number of hydrogen-bond acceptors (Lipinski definition) is 4. The van der Waals surface area contributed by atoms with Gasteiger partial charge in [-0.1, -0.05) is 30.9 Å². The van der Waals surface area contributed by atoms with Crippen LogP contribution in [0, 0.1) is 11.8 Å². The maximum atomic E-state index is 13.1. The van der Waals surface area contributed by atoms with Gasteiger partial charge in [-0.3, -0.25) is 0 Å². The molecule has 2 fully saturated rings. The van der Waals surface area contributed by atoms with Gasteiger partial charge in [0.25, 0.3) is 0 Å². The molecule has 0 bridgehead atoms. The molecular weight excluding hydrogens is 517 g/mol. The highest BCUT2D eigenvalue weighted by Crippen LogP contribution is 2.36. The fourth-order valence-corrected chi connectivity index (χ4v) is 6.85. The summed E-state index contributed by atoms with van der Waals surface area (Å²) in [6.45, 7) is 7.53. The normalized spacial score (nSPS) is 19.5. The summed E-state index contributed by atoms with van der Waals surface area (Å²) in [5.41, 5.74) is -1.53. The molecule has 2 aliphatic rings. The third kappa shape index (κ3) is 7.74. The fourth-order valence-electron chi connectivity index (χ4n) is 4.88. The number of benzene rings is 1. The average Bonchev–Trinajstić information content (AvgIpc) is 2.78. The number of alkyl halides is 3. The van der Waals surface area contributed by atoms with Crippen LogP contribution in [0.25, 0.3) is 0 Å². The Morgan fingerprint density at radius 3 is 2.03 bits per heavy atom. The van der Waals surface area contributed by atoms with Gasteiger partial charge in [0.15, 0.2) is 0 Å². The molecule has 1 aromatic rings. The lowest BCUT2D eigenvalue weighted by Gasteiger charge is -2.34. The first-order valence-electron chi connectivity index (χ1n) is 12.5. The van der Waals surface area contributed by atoms with E-state index in [0.29, 0.717) is 43.8 Å². The van der Waals surface area contributed by atoms with Gasteiger partial charge in [0.2, 0.25) is 10.0 Å². The monoisotopic (exact) mass is 552 g/mol. The number of likely N-dealkylation sites (tertiary alicyclic amines) is 1. The van der Waals surface area contributed by atoms with Crippen molar-refractivity contribution in [1.82, 2.24) is 9.21 Å². The summed E-state index contributed by atoms with van der Waals surface area (Å²) in [6.07, 6.45) is 1.45. The largest absolute Gasteiger partial charge is 0.444 e. The minimum absolute atomic E-state index is 0.206. The van der Waals surface area contributed by atoms with Gasteiger partial charge in [0, 0.05) is 26.2 Å². The number of nitrogens with zero attached hydrogens (tertiary/aromatic N) is 2. The van der Waals surface area contributed by atoms with E-state index >= 15 is 0 Å². The number of ether oxygens (including phenoxy) is 1. The Hall–Kier alpha value is -1.52. The van der Waals surface area contributed by atoms with Gasteiger partial charge in [-0.25, -0.2) is 13.2 Å². The molecule has 0 unspecified atom stereocenters. The summed E-state index contributed by atoms with van der Waals surface area (Å²) in [6, 6.07) is 2.40. The van der Waals surface area contributed by atoms with Crippen LogP contribution in [-0.4, -0.2) is 55.5 Å². The predicted octanol–water partition coefficient (Wildman–Crippen LogP) is 6.58. The topological polar surface area (TPSA) is 66.9 Å². The second-order valence-corrected chi connectivity index (χ2v) is 13.1. The number of carbonyl (C=O) groups is 1. The molecule has 0 aliphatic carbocycles. The molecule has 2 heterocycles. The van der Waals surface area contributed by atoms with Crippen LogP contribution in [0.15, 0.2) is 23.1 Å². The Morgan fingerprint density at radius 2 is 1.53 bits per heavy atom. The maximum Gasteiger partial charge on any atom is 0.416 e. The molecule has 6 nitrogen and oxygen atoms in total. The zero-order valence-electron chi connectivity index (χ0n) is 21.1. The summed E-state index contributed by atoms with van der Waals surface area (Å²) < 4.78 is 71.9. The molecule has 1 amide bonds. The number of hydrogen-bond donors (Lipinski definition) is 0. The minimum atomic E-state index is -4.64. The molecule has 36 heavy (non-hydrogen) atoms. The van der Waals surface area contributed by atoms with Crippen molar-refractivity contribution >= 4 is 27.7 Å². The number of piperidine rings is 2. The Bertz CT molecular complexity index is 1010. The van der Waals surface area contributed by atoms with Crippen molar-refractivity contribution in [3.05, 3.63) is 28.8 Å². The van der Waals surface area contributed by atoms with E-state index in [2.05, 4.69) is 0 Å². The first-order chi connectivity index (χ1) is 16.7. The van der Waals surface area contributed by atoms with Crippen LogP contribution >= 0.6 is 11.6 Å². The molecule has 204 valence electrons. The Labute approximate surface area is 217 Å². The van der Waals surface area contributed by atoms with E-state index in [4.69, 9.17) is 16.3 Å². The molecular formula is C25H36ClF3N2O4S. The second kappa shape index (κ2) is 11.5. The summed E-state index contributed by atoms with van der Waals surface area (Å²) in [7, 11) is -4.10. The van der Waals surface area contributed by atoms with Crippen molar-refractivity contribution < 1.29 is 31.1 Å². The van der Waals surface area contributed by atoms with Crippen LogP contribution in [0.3, 0.4) is 0 Å². The second-order valence-electron chi connectivity index (χ2n) is 10.8. The fraction of sp³-hybridized carbons (Fsp3) is 0.720. The Morgan fingerprint density at radius 1 is 1.00 bits per heavy atom. The Kier molecular flexibility index (Phi) is 9.26. The summed E-state index contributed by atoms with van der Waals surface area (Å²) >= 11 is 5.97. The SMILES string of the molecule is CC(C)(C)OC(=O)N1CCC(CCCC2CCN(S(=O)(=O)c3cc(C(F)(F)F)ccc3Cl)CC2)CC1. The number of sulfonamides is 1. The first kappa shape index (κ1) is 29.0. The van der Waals surface area contributed by atoms with Crippen LogP contribution in [0.2, 0.25) is 5.02 Å². The summed E-state index contributed by atoms with van der Waals surface area (Å²) in [5, 5.41) is -0.206. The van der Waals surface area contributed by atoms with Crippen LogP contribution in [0.4, 0.5) is 18.0 Å². The molecule has 0 N–H and O–H groups in total. The minimum Gasteiger partial charge on any atom is -0.444 e. The lowest BCUT2D eigenvalue weighted by molar-refractivity contribution is -0.137. The number of carbonyl (C=O) groups excluding carboxylic acids is 1. The van der Waals surface area contributed by atoms with Crippen molar-refractivity contribution in [2.45, 2.75) is 82.4 Å². The van der Waals surface area contributed by atoms with Gasteiger partial charge in [-0.15, -0.1) is 0 Å². The molecule has 0 saturated carbocycles. The predicted molar refractivity (Wildman–Crippen MR) is 132 cm³/mol. The molecule has 0 atom stereocenters. The number of amides is 1. The highest BCUT2D eigenvalue weighted by Gasteiger charge is 2.35. The summed E-state index contributed by atoms with van der Waals surface area (Å²) in [5.74, 6) is 0.947. The van der Waals surface area contributed by atoms with E-state index in [1.165, 1.54) is 4.31 Å². The molecule has 2 saturated heterocycles. The van der Waals surface area contributed by atoms with Crippen molar-refractivity contribution in [2.24, 2.45) is 11.8 Å². The van der Waals surface area contributed by atoms with Crippen LogP contribution < -0.4 is 0 Å². The molecule has 2 aliphatic heterocycles.